The van der Waals surface area contributed by atoms with Crippen LogP contribution in [-0.4, -0.2) is 51.5 Å². The smallest absolute Gasteiger partial charge is 0.293 e. The van der Waals surface area contributed by atoms with Crippen LogP contribution < -0.4 is 15.0 Å². The zero-order chi connectivity index (χ0) is 24.9. The van der Waals surface area contributed by atoms with E-state index in [-0.39, 0.29) is 23.0 Å². The van der Waals surface area contributed by atoms with Crippen molar-refractivity contribution in [3.63, 3.8) is 0 Å². The maximum absolute atomic E-state index is 12.9. The second-order valence-corrected chi connectivity index (χ2v) is 9.28. The number of ether oxygens (including phenoxy) is 1. The normalized spacial score (nSPS) is 13.5. The first-order chi connectivity index (χ1) is 16.9. The summed E-state index contributed by atoms with van der Waals surface area (Å²) in [4.78, 5) is 26.0. The summed E-state index contributed by atoms with van der Waals surface area (Å²) >= 11 is 1.22. The average Bonchev–Trinajstić information content (AvgIpc) is 3.29. The molecule has 1 aromatic heterocycles. The van der Waals surface area contributed by atoms with Gasteiger partial charge in [-0.1, -0.05) is 30.0 Å². The van der Waals surface area contributed by atoms with Gasteiger partial charge in [0.05, 0.1) is 23.5 Å². The molecule has 1 aliphatic heterocycles. The molecule has 1 aliphatic rings. The summed E-state index contributed by atoms with van der Waals surface area (Å²) in [5.41, 5.74) is 2.41. The van der Waals surface area contributed by atoms with Gasteiger partial charge in [0.1, 0.15) is 11.4 Å². The van der Waals surface area contributed by atoms with E-state index in [4.69, 9.17) is 4.74 Å². The van der Waals surface area contributed by atoms with E-state index in [0.29, 0.717) is 22.4 Å². The molecule has 0 spiro atoms. The largest absolute Gasteiger partial charge is 0.495 e. The molecular formula is C24H28N6O4S. The number of nitrogens with one attached hydrogen (secondary N) is 1. The monoisotopic (exact) mass is 496 g/mol. The lowest BCUT2D eigenvalue weighted by atomic mass is 10.1. The van der Waals surface area contributed by atoms with E-state index in [9.17, 15) is 14.9 Å². The number of nitro groups is 1. The zero-order valence-electron chi connectivity index (χ0n) is 20.0. The molecule has 0 aliphatic carbocycles. The molecule has 2 aromatic carbocycles. The highest BCUT2D eigenvalue weighted by molar-refractivity contribution is 7.99. The Morgan fingerprint density at radius 3 is 2.60 bits per heavy atom. The number of anilines is 2. The fraction of sp³-hybridized carbons (Fsp3) is 0.375. The van der Waals surface area contributed by atoms with Crippen molar-refractivity contribution in [2.75, 3.05) is 36.2 Å². The molecule has 0 radical (unpaired) electrons. The Hall–Kier alpha value is -3.60. The van der Waals surface area contributed by atoms with Crippen LogP contribution in [0.4, 0.5) is 17.3 Å². The molecule has 10 nitrogen and oxygen atoms in total. The van der Waals surface area contributed by atoms with Crippen LogP contribution in [0.3, 0.4) is 0 Å². The van der Waals surface area contributed by atoms with Crippen LogP contribution in [0.25, 0.3) is 5.69 Å². The van der Waals surface area contributed by atoms with Gasteiger partial charge in [0.25, 0.3) is 5.69 Å². The Morgan fingerprint density at radius 2 is 1.89 bits per heavy atom. The van der Waals surface area contributed by atoms with Crippen molar-refractivity contribution in [2.45, 2.75) is 38.3 Å². The Bertz CT molecular complexity index is 1240. The molecule has 1 N–H and O–H groups in total. The van der Waals surface area contributed by atoms with Gasteiger partial charge in [-0.3, -0.25) is 19.5 Å². The molecule has 0 saturated carbocycles. The predicted molar refractivity (Wildman–Crippen MR) is 136 cm³/mol. The van der Waals surface area contributed by atoms with E-state index < -0.39 is 4.92 Å². The maximum Gasteiger partial charge on any atom is 0.293 e. The van der Waals surface area contributed by atoms with E-state index in [0.717, 1.165) is 37.2 Å². The number of hydrogen-bond donors (Lipinski definition) is 1. The number of thioether (sulfide) groups is 1. The van der Waals surface area contributed by atoms with Gasteiger partial charge in [0.2, 0.25) is 11.9 Å². The van der Waals surface area contributed by atoms with Gasteiger partial charge in [-0.2, -0.15) is 0 Å². The lowest BCUT2D eigenvalue weighted by Crippen LogP contribution is -2.31. The topological polar surface area (TPSA) is 115 Å². The Kier molecular flexibility index (Phi) is 7.54. The third-order valence-corrected chi connectivity index (χ3v) is 7.02. The number of piperidine rings is 1. The van der Waals surface area contributed by atoms with Crippen molar-refractivity contribution in [1.82, 2.24) is 14.8 Å². The SMILES string of the molecule is COc1ccccc1-n1c(SCC(=O)Nc2c([N+](=O)[O-])ccc(C)c2C)nnc1N1CCCCC1. The summed E-state index contributed by atoms with van der Waals surface area (Å²) in [5, 5.41) is 23.6. The maximum atomic E-state index is 12.9. The van der Waals surface area contributed by atoms with Crippen molar-refractivity contribution >= 4 is 35.0 Å². The predicted octanol–water partition coefficient (Wildman–Crippen LogP) is 4.52. The Balaban J connectivity index is 1.61. The summed E-state index contributed by atoms with van der Waals surface area (Å²) < 4.78 is 7.50. The van der Waals surface area contributed by atoms with Crippen molar-refractivity contribution in [3.05, 3.63) is 57.6 Å². The van der Waals surface area contributed by atoms with Crippen LogP contribution in [0.2, 0.25) is 0 Å². The minimum absolute atomic E-state index is 0.0117. The zero-order valence-corrected chi connectivity index (χ0v) is 20.8. The summed E-state index contributed by atoms with van der Waals surface area (Å²) in [5.74, 6) is 1.03. The van der Waals surface area contributed by atoms with E-state index >= 15 is 0 Å². The van der Waals surface area contributed by atoms with Crippen LogP contribution in [0, 0.1) is 24.0 Å². The lowest BCUT2D eigenvalue weighted by molar-refractivity contribution is -0.384. The van der Waals surface area contributed by atoms with Crippen molar-refractivity contribution in [3.8, 4) is 11.4 Å². The van der Waals surface area contributed by atoms with Crippen LogP contribution in [0.5, 0.6) is 5.75 Å². The number of carbonyl (C=O) groups is 1. The van der Waals surface area contributed by atoms with E-state index in [2.05, 4.69) is 20.4 Å². The van der Waals surface area contributed by atoms with Gasteiger partial charge in [-0.25, -0.2) is 0 Å². The second-order valence-electron chi connectivity index (χ2n) is 8.33. The van der Waals surface area contributed by atoms with Crippen LogP contribution in [0.1, 0.15) is 30.4 Å². The standard InChI is InChI=1S/C24H28N6O4S/c1-16-11-12-19(30(32)33)22(17(16)2)25-21(31)15-35-24-27-26-23(28-13-7-4-8-14-28)29(24)18-9-5-6-10-20(18)34-3/h5-6,9-12H,4,7-8,13-15H2,1-3H3,(H,25,31). The highest BCUT2D eigenvalue weighted by atomic mass is 32.2. The highest BCUT2D eigenvalue weighted by Gasteiger charge is 2.25. The molecule has 1 amide bonds. The number of aryl methyl sites for hydroxylation is 1. The first-order valence-corrected chi connectivity index (χ1v) is 12.4. The van der Waals surface area contributed by atoms with E-state index in [1.54, 1.807) is 20.1 Å². The third kappa shape index (κ3) is 5.24. The lowest BCUT2D eigenvalue weighted by Gasteiger charge is -2.28. The minimum Gasteiger partial charge on any atom is -0.495 e. The quantitative estimate of drug-likeness (QED) is 0.275. The fourth-order valence-corrected chi connectivity index (χ4v) is 4.84. The summed E-state index contributed by atoms with van der Waals surface area (Å²) in [6.07, 6.45) is 3.35. The summed E-state index contributed by atoms with van der Waals surface area (Å²) in [6, 6.07) is 10.7. The number of carbonyl (C=O) groups excluding carboxylic acids is 1. The first kappa shape index (κ1) is 24.5. The Morgan fingerprint density at radius 1 is 1.14 bits per heavy atom. The average molecular weight is 497 g/mol. The molecular weight excluding hydrogens is 468 g/mol. The molecule has 11 heteroatoms. The van der Waals surface area contributed by atoms with Gasteiger partial charge < -0.3 is 15.0 Å². The number of para-hydroxylation sites is 2. The van der Waals surface area contributed by atoms with E-state index in [1.807, 2.05) is 35.8 Å². The number of hydrogen-bond acceptors (Lipinski definition) is 8. The number of nitrogens with zero attached hydrogens (tertiary/aromatic N) is 5. The Labute approximate surface area is 207 Å². The third-order valence-electron chi connectivity index (χ3n) is 6.09. The highest BCUT2D eigenvalue weighted by Crippen LogP contribution is 2.34. The van der Waals surface area contributed by atoms with Crippen LogP contribution >= 0.6 is 11.8 Å². The number of aromatic nitrogens is 3. The number of methoxy groups -OCH3 is 1. The molecule has 1 saturated heterocycles. The van der Waals surface area contributed by atoms with Gasteiger partial charge in [-0.05, 0) is 56.4 Å². The molecule has 35 heavy (non-hydrogen) atoms. The molecule has 184 valence electrons. The first-order valence-electron chi connectivity index (χ1n) is 11.4. The van der Waals surface area contributed by atoms with Gasteiger partial charge in [0.15, 0.2) is 5.16 Å². The number of nitro benzene ring substituents is 1. The van der Waals surface area contributed by atoms with Gasteiger partial charge >= 0.3 is 0 Å². The number of amides is 1. The van der Waals surface area contributed by atoms with Gasteiger partial charge in [0, 0.05) is 19.2 Å². The van der Waals surface area contributed by atoms with Crippen LogP contribution in [0.15, 0.2) is 41.6 Å². The molecule has 0 atom stereocenters. The van der Waals surface area contributed by atoms with Crippen LogP contribution in [-0.2, 0) is 4.79 Å². The number of benzene rings is 2. The summed E-state index contributed by atoms with van der Waals surface area (Å²) in [6.45, 7) is 5.37. The molecule has 0 unspecified atom stereocenters. The van der Waals surface area contributed by atoms with Crippen molar-refractivity contribution in [1.29, 1.82) is 0 Å². The molecule has 4 rings (SSSR count). The minimum atomic E-state index is -0.488. The molecule has 0 bridgehead atoms. The molecule has 2 heterocycles. The fourth-order valence-electron chi connectivity index (χ4n) is 4.10. The second kappa shape index (κ2) is 10.8. The van der Waals surface area contributed by atoms with Gasteiger partial charge in [-0.15, -0.1) is 10.2 Å². The summed E-state index contributed by atoms with van der Waals surface area (Å²) in [7, 11) is 1.61. The molecule has 3 aromatic rings. The van der Waals surface area contributed by atoms with Crippen molar-refractivity contribution < 1.29 is 14.5 Å². The van der Waals surface area contributed by atoms with Crippen molar-refractivity contribution in [2.24, 2.45) is 0 Å². The van der Waals surface area contributed by atoms with E-state index in [1.165, 1.54) is 24.2 Å². The molecule has 1 fully saturated rings. The number of rotatable bonds is 8.